The van der Waals surface area contributed by atoms with Gasteiger partial charge >= 0.3 is 0 Å². The number of aryl methyl sites for hydroxylation is 1. The molecule has 0 aliphatic rings. The van der Waals surface area contributed by atoms with E-state index in [1.165, 1.54) is 0 Å². The lowest BCUT2D eigenvalue weighted by molar-refractivity contribution is 0.433. The average molecular weight is 224 g/mol. The Bertz CT molecular complexity index is 441. The van der Waals surface area contributed by atoms with Crippen LogP contribution in [0.5, 0.6) is 11.8 Å². The summed E-state index contributed by atoms with van der Waals surface area (Å²) in [7, 11) is 0. The van der Waals surface area contributed by atoms with Gasteiger partial charge in [-0.25, -0.2) is 4.98 Å². The van der Waals surface area contributed by atoms with Gasteiger partial charge in [0, 0.05) is 25.0 Å². The number of hydrogen-bond donors (Lipinski definition) is 0. The van der Waals surface area contributed by atoms with Crippen LogP contribution in [0.1, 0.15) is 6.92 Å². The fourth-order valence-corrected chi connectivity index (χ4v) is 1.31. The topological polar surface area (TPSA) is 39.9 Å². The van der Waals surface area contributed by atoms with E-state index >= 15 is 0 Å². The molecule has 0 fully saturated rings. The summed E-state index contributed by atoms with van der Waals surface area (Å²) in [6.45, 7) is 2.74. The van der Waals surface area contributed by atoms with Gasteiger partial charge in [-0.1, -0.05) is 17.7 Å². The number of aromatic nitrogens is 3. The summed E-state index contributed by atoms with van der Waals surface area (Å²) in [5.74, 6) is 0.873. The molecule has 0 aliphatic carbocycles. The number of ether oxygens (including phenoxy) is 1. The predicted molar refractivity (Wildman–Crippen MR) is 57.2 cm³/mol. The second-order valence-corrected chi connectivity index (χ2v) is 3.32. The molecule has 0 atom stereocenters. The van der Waals surface area contributed by atoms with Crippen molar-refractivity contribution in [3.05, 3.63) is 35.6 Å². The van der Waals surface area contributed by atoms with Crippen LogP contribution in [0.25, 0.3) is 0 Å². The van der Waals surface area contributed by atoms with Gasteiger partial charge in [-0.15, -0.1) is 5.10 Å². The van der Waals surface area contributed by atoms with E-state index in [4.69, 9.17) is 16.3 Å². The highest BCUT2D eigenvalue weighted by Crippen LogP contribution is 2.25. The number of hydrogen-bond acceptors (Lipinski definition) is 3. The summed E-state index contributed by atoms with van der Waals surface area (Å²) in [5, 5.41) is 4.63. The fourth-order valence-electron chi connectivity index (χ4n) is 1.12. The summed E-state index contributed by atoms with van der Waals surface area (Å²) in [5.41, 5.74) is 0. The lowest BCUT2D eigenvalue weighted by Crippen LogP contribution is -1.94. The summed E-state index contributed by atoms with van der Waals surface area (Å²) in [6.07, 6.45) is 3.37. The van der Waals surface area contributed by atoms with Gasteiger partial charge in [0.25, 0.3) is 5.88 Å². The molecule has 78 valence electrons. The number of nitrogens with zero attached hydrogens (tertiary/aromatic N) is 3. The molecule has 0 bridgehead atoms. The van der Waals surface area contributed by atoms with Crippen LogP contribution in [0.2, 0.25) is 5.02 Å². The van der Waals surface area contributed by atoms with E-state index in [0.29, 0.717) is 16.8 Å². The quantitative estimate of drug-likeness (QED) is 0.803. The first-order valence-electron chi connectivity index (χ1n) is 4.61. The molecule has 0 unspecified atom stereocenters. The van der Waals surface area contributed by atoms with Crippen molar-refractivity contribution < 1.29 is 4.74 Å². The highest BCUT2D eigenvalue weighted by Gasteiger charge is 2.08. The highest BCUT2D eigenvalue weighted by atomic mass is 35.5. The number of halogens is 1. The Labute approximate surface area is 92.5 Å². The molecule has 2 aromatic heterocycles. The van der Waals surface area contributed by atoms with Crippen molar-refractivity contribution in [3.8, 4) is 11.8 Å². The van der Waals surface area contributed by atoms with Gasteiger partial charge in [0.1, 0.15) is 5.02 Å². The minimum absolute atomic E-state index is 0.386. The smallest absolute Gasteiger partial charge is 0.258 e. The van der Waals surface area contributed by atoms with E-state index in [9.17, 15) is 0 Å². The maximum absolute atomic E-state index is 5.94. The molecular formula is C10H10ClN3O. The van der Waals surface area contributed by atoms with E-state index < -0.39 is 0 Å². The van der Waals surface area contributed by atoms with Crippen LogP contribution < -0.4 is 4.74 Å². The van der Waals surface area contributed by atoms with Crippen molar-refractivity contribution in [2.75, 3.05) is 0 Å². The van der Waals surface area contributed by atoms with Crippen LogP contribution in [-0.4, -0.2) is 14.8 Å². The summed E-state index contributed by atoms with van der Waals surface area (Å²) in [4.78, 5) is 4.02. The molecule has 5 heteroatoms. The van der Waals surface area contributed by atoms with Crippen LogP contribution in [0, 0.1) is 0 Å². The van der Waals surface area contributed by atoms with Gasteiger partial charge in [0.15, 0.2) is 0 Å². The molecule has 0 N–H and O–H groups in total. The lowest BCUT2D eigenvalue weighted by atomic mass is 10.5. The van der Waals surface area contributed by atoms with Crippen LogP contribution in [0.15, 0.2) is 30.6 Å². The van der Waals surface area contributed by atoms with E-state index in [1.807, 2.05) is 19.1 Å². The van der Waals surface area contributed by atoms with Crippen molar-refractivity contribution in [1.29, 1.82) is 0 Å². The zero-order valence-corrected chi connectivity index (χ0v) is 8.98. The second kappa shape index (κ2) is 4.31. The zero-order valence-electron chi connectivity index (χ0n) is 8.22. The Hall–Kier alpha value is -1.55. The Balaban J connectivity index is 2.21. The first-order valence-corrected chi connectivity index (χ1v) is 4.99. The third-order valence-corrected chi connectivity index (χ3v) is 2.11. The summed E-state index contributed by atoms with van der Waals surface area (Å²) < 4.78 is 7.13. The zero-order chi connectivity index (χ0) is 10.7. The van der Waals surface area contributed by atoms with Crippen molar-refractivity contribution in [1.82, 2.24) is 14.8 Å². The molecule has 0 spiro atoms. The molecule has 0 aromatic carbocycles. The molecular weight excluding hydrogens is 214 g/mol. The Morgan fingerprint density at radius 2 is 2.33 bits per heavy atom. The minimum Gasteiger partial charge on any atom is -0.418 e. The largest absolute Gasteiger partial charge is 0.418 e. The van der Waals surface area contributed by atoms with E-state index in [0.717, 1.165) is 6.54 Å². The van der Waals surface area contributed by atoms with Gasteiger partial charge in [-0.05, 0) is 13.0 Å². The average Bonchev–Trinajstić information content (AvgIpc) is 2.61. The summed E-state index contributed by atoms with van der Waals surface area (Å²) >= 11 is 5.94. The predicted octanol–water partition coefficient (Wildman–Crippen LogP) is 2.74. The van der Waals surface area contributed by atoms with Crippen LogP contribution in [-0.2, 0) is 6.54 Å². The van der Waals surface area contributed by atoms with Crippen molar-refractivity contribution in [2.24, 2.45) is 0 Å². The third-order valence-electron chi connectivity index (χ3n) is 1.85. The standard InChI is InChI=1S/C10H10ClN3O/c1-2-14-7-8(11)10(13-14)15-9-5-3-4-6-12-9/h3-7H,2H2,1H3. The second-order valence-electron chi connectivity index (χ2n) is 2.91. The maximum Gasteiger partial charge on any atom is 0.258 e. The lowest BCUT2D eigenvalue weighted by Gasteiger charge is -1.99. The van der Waals surface area contributed by atoms with E-state index in [1.54, 1.807) is 23.1 Å². The van der Waals surface area contributed by atoms with Gasteiger partial charge in [0.2, 0.25) is 5.88 Å². The maximum atomic E-state index is 5.94. The van der Waals surface area contributed by atoms with Crippen LogP contribution >= 0.6 is 11.6 Å². The summed E-state index contributed by atoms with van der Waals surface area (Å²) in [6, 6.07) is 5.41. The first kappa shape index (κ1) is 9.98. The number of rotatable bonds is 3. The van der Waals surface area contributed by atoms with E-state index in [2.05, 4.69) is 10.1 Å². The SMILES string of the molecule is CCn1cc(Cl)c(Oc2ccccn2)n1. The van der Waals surface area contributed by atoms with Gasteiger partial charge in [-0.3, -0.25) is 4.68 Å². The van der Waals surface area contributed by atoms with Gasteiger partial charge < -0.3 is 4.74 Å². The molecule has 15 heavy (non-hydrogen) atoms. The monoisotopic (exact) mass is 223 g/mol. The fraction of sp³-hybridized carbons (Fsp3) is 0.200. The van der Waals surface area contributed by atoms with Gasteiger partial charge in [-0.2, -0.15) is 0 Å². The van der Waals surface area contributed by atoms with Crippen molar-refractivity contribution >= 4 is 11.6 Å². The molecule has 0 amide bonds. The minimum atomic E-state index is 0.386. The molecule has 0 radical (unpaired) electrons. The Morgan fingerprint density at radius 1 is 1.47 bits per heavy atom. The molecule has 0 aliphatic heterocycles. The molecule has 2 heterocycles. The van der Waals surface area contributed by atoms with E-state index in [-0.39, 0.29) is 0 Å². The van der Waals surface area contributed by atoms with Crippen LogP contribution in [0.4, 0.5) is 0 Å². The normalized spacial score (nSPS) is 10.3. The third kappa shape index (κ3) is 2.27. The Kier molecular flexibility index (Phi) is 2.87. The first-order chi connectivity index (χ1) is 7.29. The Morgan fingerprint density at radius 3 is 2.93 bits per heavy atom. The van der Waals surface area contributed by atoms with Crippen molar-refractivity contribution in [3.63, 3.8) is 0 Å². The van der Waals surface area contributed by atoms with Gasteiger partial charge in [0.05, 0.1) is 0 Å². The molecule has 0 saturated carbocycles. The number of pyridine rings is 1. The van der Waals surface area contributed by atoms with Crippen LogP contribution in [0.3, 0.4) is 0 Å². The molecule has 2 aromatic rings. The molecule has 4 nitrogen and oxygen atoms in total. The van der Waals surface area contributed by atoms with Crippen molar-refractivity contribution in [2.45, 2.75) is 13.5 Å². The highest BCUT2D eigenvalue weighted by molar-refractivity contribution is 6.31. The molecule has 0 saturated heterocycles. The molecule has 2 rings (SSSR count).